The van der Waals surface area contributed by atoms with Crippen LogP contribution in [-0.4, -0.2) is 47.2 Å². The number of piperidine rings is 2. The van der Waals surface area contributed by atoms with E-state index < -0.39 is 5.91 Å². The standard InChI is InChI=1S/C16H22N4O2/c21-16(19-22)12-4-13-8-20(2-1-15(13)18-7-12)9-14-10-3-11(14)6-17-5-10/h4,7,10-11,14,17,22H,1-3,5-6,8-9H2,(H,19,21). The van der Waals surface area contributed by atoms with Gasteiger partial charge in [0, 0.05) is 37.9 Å². The highest BCUT2D eigenvalue weighted by Gasteiger charge is 2.44. The number of nitrogens with zero attached hydrogens (tertiary/aromatic N) is 2. The maximum atomic E-state index is 11.5. The van der Waals surface area contributed by atoms with E-state index in [-0.39, 0.29) is 0 Å². The fourth-order valence-electron chi connectivity index (χ4n) is 4.28. The lowest BCUT2D eigenvalue weighted by atomic mass is 9.62. The maximum Gasteiger partial charge on any atom is 0.276 e. The smallest absolute Gasteiger partial charge is 0.276 e. The Bertz CT molecular complexity index is 578. The minimum atomic E-state index is -0.493. The lowest BCUT2D eigenvalue weighted by Gasteiger charge is -2.51. The molecular formula is C16H22N4O2. The van der Waals surface area contributed by atoms with Crippen LogP contribution >= 0.6 is 0 Å². The lowest BCUT2D eigenvalue weighted by molar-refractivity contribution is 0.000691. The van der Waals surface area contributed by atoms with E-state index in [0.29, 0.717) is 5.56 Å². The first kappa shape index (κ1) is 14.1. The first-order valence-corrected chi connectivity index (χ1v) is 8.10. The molecule has 0 spiro atoms. The van der Waals surface area contributed by atoms with Crippen molar-refractivity contribution < 1.29 is 10.0 Å². The van der Waals surface area contributed by atoms with E-state index >= 15 is 0 Å². The molecule has 1 aromatic rings. The molecule has 2 atom stereocenters. The molecule has 1 saturated carbocycles. The van der Waals surface area contributed by atoms with Crippen LogP contribution < -0.4 is 10.8 Å². The molecule has 0 radical (unpaired) electrons. The van der Waals surface area contributed by atoms with Crippen molar-refractivity contribution in [1.82, 2.24) is 20.7 Å². The van der Waals surface area contributed by atoms with Crippen LogP contribution in [0.2, 0.25) is 0 Å². The predicted molar refractivity (Wildman–Crippen MR) is 80.4 cm³/mol. The van der Waals surface area contributed by atoms with E-state index in [4.69, 9.17) is 5.21 Å². The van der Waals surface area contributed by atoms with Gasteiger partial charge in [-0.05, 0) is 48.9 Å². The zero-order valence-electron chi connectivity index (χ0n) is 12.6. The number of fused-ring (bicyclic) bond motifs is 3. The molecule has 1 saturated heterocycles. The molecule has 4 rings (SSSR count). The van der Waals surface area contributed by atoms with Gasteiger partial charge in [0.2, 0.25) is 0 Å². The number of carbonyl (C=O) groups excluding carboxylic acids is 1. The van der Waals surface area contributed by atoms with E-state index in [1.807, 2.05) is 6.07 Å². The fraction of sp³-hybridized carbons (Fsp3) is 0.625. The topological polar surface area (TPSA) is 77.5 Å². The van der Waals surface area contributed by atoms with Gasteiger partial charge in [0.1, 0.15) is 0 Å². The summed E-state index contributed by atoms with van der Waals surface area (Å²) in [7, 11) is 0. The van der Waals surface area contributed by atoms with Gasteiger partial charge in [-0.2, -0.15) is 0 Å². The van der Waals surface area contributed by atoms with Crippen LogP contribution in [0.4, 0.5) is 0 Å². The second kappa shape index (κ2) is 5.61. The summed E-state index contributed by atoms with van der Waals surface area (Å²) in [6.45, 7) is 5.42. The summed E-state index contributed by atoms with van der Waals surface area (Å²) in [5, 5.41) is 12.2. The molecule has 22 heavy (non-hydrogen) atoms. The van der Waals surface area contributed by atoms with E-state index in [9.17, 15) is 4.79 Å². The second-order valence-electron chi connectivity index (χ2n) is 6.83. The Morgan fingerprint density at radius 3 is 3.00 bits per heavy atom. The van der Waals surface area contributed by atoms with Crippen molar-refractivity contribution in [3.63, 3.8) is 0 Å². The number of aromatic nitrogens is 1. The van der Waals surface area contributed by atoms with Crippen LogP contribution in [-0.2, 0) is 13.0 Å². The van der Waals surface area contributed by atoms with Gasteiger partial charge in [-0.3, -0.25) is 19.9 Å². The van der Waals surface area contributed by atoms with E-state index in [1.165, 1.54) is 19.5 Å². The Hall–Kier alpha value is -1.50. The molecule has 3 aliphatic rings. The van der Waals surface area contributed by atoms with Crippen molar-refractivity contribution in [2.24, 2.45) is 17.8 Å². The molecule has 118 valence electrons. The molecule has 1 aliphatic carbocycles. The van der Waals surface area contributed by atoms with Crippen molar-refractivity contribution in [3.8, 4) is 0 Å². The molecule has 2 aliphatic heterocycles. The van der Waals surface area contributed by atoms with Crippen LogP contribution in [0.1, 0.15) is 28.0 Å². The SMILES string of the molecule is O=C(NO)c1cnc2c(c1)CN(CC1C3CNCC1C3)CC2. The average Bonchev–Trinajstić information content (AvgIpc) is 2.58. The number of nitrogens with one attached hydrogen (secondary N) is 2. The molecule has 2 unspecified atom stereocenters. The van der Waals surface area contributed by atoms with Gasteiger partial charge < -0.3 is 5.32 Å². The molecule has 1 amide bonds. The number of hydrogen-bond acceptors (Lipinski definition) is 5. The van der Waals surface area contributed by atoms with Crippen molar-refractivity contribution in [2.45, 2.75) is 19.4 Å². The maximum absolute atomic E-state index is 11.5. The second-order valence-corrected chi connectivity index (χ2v) is 6.83. The Morgan fingerprint density at radius 1 is 1.45 bits per heavy atom. The number of amides is 1. The Kier molecular flexibility index (Phi) is 3.60. The predicted octanol–water partition coefficient (Wildman–Crippen LogP) is 0.414. The minimum Gasteiger partial charge on any atom is -0.316 e. The Labute approximate surface area is 129 Å². The molecule has 1 aromatic heterocycles. The number of rotatable bonds is 3. The van der Waals surface area contributed by atoms with Gasteiger partial charge >= 0.3 is 0 Å². The summed E-state index contributed by atoms with van der Waals surface area (Å²) in [6.07, 6.45) is 3.88. The Morgan fingerprint density at radius 2 is 2.27 bits per heavy atom. The number of hydrogen-bond donors (Lipinski definition) is 3. The molecular weight excluding hydrogens is 280 g/mol. The fourth-order valence-corrected chi connectivity index (χ4v) is 4.28. The van der Waals surface area contributed by atoms with Crippen molar-refractivity contribution >= 4 is 5.91 Å². The van der Waals surface area contributed by atoms with Crippen LogP contribution in [0.3, 0.4) is 0 Å². The van der Waals surface area contributed by atoms with Crippen LogP contribution in [0.15, 0.2) is 12.3 Å². The lowest BCUT2D eigenvalue weighted by Crippen LogP contribution is -2.56. The number of pyridine rings is 1. The van der Waals surface area contributed by atoms with Crippen LogP contribution in [0.5, 0.6) is 0 Å². The summed E-state index contributed by atoms with van der Waals surface area (Å²) in [5.41, 5.74) is 4.31. The van der Waals surface area contributed by atoms with Gasteiger partial charge in [0.05, 0.1) is 5.56 Å². The van der Waals surface area contributed by atoms with Crippen LogP contribution in [0.25, 0.3) is 0 Å². The van der Waals surface area contributed by atoms with Crippen LogP contribution in [0, 0.1) is 17.8 Å². The molecule has 3 N–H and O–H groups in total. The molecule has 3 heterocycles. The summed E-state index contributed by atoms with van der Waals surface area (Å²) in [6, 6.07) is 1.86. The average molecular weight is 302 g/mol. The van der Waals surface area contributed by atoms with Gasteiger partial charge in [0.25, 0.3) is 5.91 Å². The molecule has 2 fully saturated rings. The molecule has 6 heteroatoms. The van der Waals surface area contributed by atoms with Crippen molar-refractivity contribution in [1.29, 1.82) is 0 Å². The summed E-state index contributed by atoms with van der Waals surface area (Å²) in [5.74, 6) is 2.04. The monoisotopic (exact) mass is 302 g/mol. The zero-order chi connectivity index (χ0) is 15.1. The van der Waals surface area contributed by atoms with Gasteiger partial charge in [-0.15, -0.1) is 0 Å². The molecule has 0 aromatic carbocycles. The van der Waals surface area contributed by atoms with Crippen molar-refractivity contribution in [3.05, 3.63) is 29.1 Å². The van der Waals surface area contributed by atoms with E-state index in [0.717, 1.165) is 55.1 Å². The third-order valence-electron chi connectivity index (χ3n) is 5.58. The van der Waals surface area contributed by atoms with E-state index in [2.05, 4.69) is 15.2 Å². The highest BCUT2D eigenvalue weighted by Crippen LogP contribution is 2.43. The van der Waals surface area contributed by atoms with Gasteiger partial charge in [0.15, 0.2) is 0 Å². The summed E-state index contributed by atoms with van der Waals surface area (Å²) < 4.78 is 0. The van der Waals surface area contributed by atoms with Gasteiger partial charge in [-0.25, -0.2) is 5.48 Å². The number of carbonyl (C=O) groups is 1. The highest BCUT2D eigenvalue weighted by atomic mass is 16.5. The normalized spacial score (nSPS) is 30.3. The largest absolute Gasteiger partial charge is 0.316 e. The molecule has 6 nitrogen and oxygen atoms in total. The van der Waals surface area contributed by atoms with Gasteiger partial charge in [-0.1, -0.05) is 0 Å². The first-order valence-electron chi connectivity index (χ1n) is 8.10. The highest BCUT2D eigenvalue weighted by molar-refractivity contribution is 5.93. The summed E-state index contributed by atoms with van der Waals surface area (Å²) >= 11 is 0. The Balaban J connectivity index is 1.45. The number of hydroxylamine groups is 1. The minimum absolute atomic E-state index is 0.424. The van der Waals surface area contributed by atoms with E-state index in [1.54, 1.807) is 11.7 Å². The summed E-state index contributed by atoms with van der Waals surface area (Å²) in [4.78, 5) is 18.4. The first-order chi connectivity index (χ1) is 10.7. The molecule has 2 bridgehead atoms. The quantitative estimate of drug-likeness (QED) is 0.557. The third kappa shape index (κ3) is 2.41. The third-order valence-corrected chi connectivity index (χ3v) is 5.58. The van der Waals surface area contributed by atoms with Crippen molar-refractivity contribution in [2.75, 3.05) is 26.2 Å². The zero-order valence-corrected chi connectivity index (χ0v) is 12.6.